The third-order valence-electron chi connectivity index (χ3n) is 8.44. The Morgan fingerprint density at radius 2 is 1.63 bits per heavy atom. The number of ketones is 1. The monoisotopic (exact) mass is 483 g/mol. The Hall–Kier alpha value is -2.74. The van der Waals surface area contributed by atoms with Crippen LogP contribution in [0.15, 0.2) is 85.0 Å². The van der Waals surface area contributed by atoms with E-state index < -0.39 is 13.7 Å². The third kappa shape index (κ3) is 4.05. The number of fused-ring (bicyclic) bond motifs is 1. The molecule has 0 aliphatic heterocycles. The second kappa shape index (κ2) is 9.37. The average Bonchev–Trinajstić information content (AvgIpc) is 2.85. The summed E-state index contributed by atoms with van der Waals surface area (Å²) in [4.78, 5) is 13.0. The second-order valence-electron chi connectivity index (χ2n) is 11.5. The Kier molecular flexibility index (Phi) is 6.79. The maximum atomic E-state index is 13.0. The number of hydrogen-bond donors (Lipinski definition) is 0. The number of benzene rings is 2. The summed E-state index contributed by atoms with van der Waals surface area (Å²) in [7, 11) is -2.63. The van der Waals surface area contributed by atoms with Crippen molar-refractivity contribution in [3.05, 3.63) is 85.0 Å². The van der Waals surface area contributed by atoms with E-state index in [2.05, 4.69) is 107 Å². The summed E-state index contributed by atoms with van der Waals surface area (Å²) in [5, 5.41) is 12.7. The van der Waals surface area contributed by atoms with E-state index in [4.69, 9.17) is 4.43 Å². The zero-order valence-corrected chi connectivity index (χ0v) is 22.6. The fourth-order valence-electron chi connectivity index (χ4n) is 6.46. The molecule has 0 radical (unpaired) electrons. The zero-order valence-electron chi connectivity index (χ0n) is 21.6. The van der Waals surface area contributed by atoms with Crippen LogP contribution >= 0.6 is 0 Å². The molecule has 2 aliphatic carbocycles. The summed E-state index contributed by atoms with van der Waals surface area (Å²) in [6, 6.07) is 23.8. The third-order valence-corrected chi connectivity index (χ3v) is 13.5. The first-order valence-corrected chi connectivity index (χ1v) is 14.6. The molecule has 0 N–H and O–H groups in total. The Labute approximate surface area is 211 Å². The molecule has 0 fully saturated rings. The molecule has 4 atom stereocenters. The highest BCUT2D eigenvalue weighted by Gasteiger charge is 2.58. The van der Waals surface area contributed by atoms with Gasteiger partial charge in [-0.3, -0.25) is 4.79 Å². The van der Waals surface area contributed by atoms with Crippen molar-refractivity contribution in [2.24, 2.45) is 22.7 Å². The molecule has 2 aromatic carbocycles. The molecule has 3 nitrogen and oxygen atoms in total. The first kappa shape index (κ1) is 25.4. The van der Waals surface area contributed by atoms with Crippen molar-refractivity contribution in [3.63, 3.8) is 0 Å². The molecular weight excluding hydrogens is 446 g/mol. The minimum Gasteiger partial charge on any atom is -0.407 e. The van der Waals surface area contributed by atoms with Crippen LogP contribution in [0.2, 0.25) is 5.04 Å². The molecule has 0 aromatic heterocycles. The molecule has 35 heavy (non-hydrogen) atoms. The number of carbonyl (C=O) groups is 1. The number of rotatable bonds is 6. The summed E-state index contributed by atoms with van der Waals surface area (Å²) in [5.74, 6) is -0.201. The zero-order chi connectivity index (χ0) is 25.3. The molecule has 0 saturated heterocycles. The van der Waals surface area contributed by atoms with Gasteiger partial charge in [0.15, 0.2) is 5.78 Å². The molecule has 0 heterocycles. The summed E-state index contributed by atoms with van der Waals surface area (Å²) in [6.45, 7) is 11.6. The molecule has 0 spiro atoms. The highest BCUT2D eigenvalue weighted by atomic mass is 28.4. The molecule has 4 rings (SSSR count). The lowest BCUT2D eigenvalue weighted by molar-refractivity contribution is -0.130. The summed E-state index contributed by atoms with van der Waals surface area (Å²) < 4.78 is 7.15. The number of hydrogen-bond acceptors (Lipinski definition) is 3. The van der Waals surface area contributed by atoms with Crippen LogP contribution in [0.3, 0.4) is 0 Å². The first-order chi connectivity index (χ1) is 16.6. The van der Waals surface area contributed by atoms with E-state index in [1.807, 2.05) is 13.0 Å². The van der Waals surface area contributed by atoms with E-state index in [9.17, 15) is 10.1 Å². The van der Waals surface area contributed by atoms with Crippen LogP contribution in [0.1, 0.15) is 47.5 Å². The van der Waals surface area contributed by atoms with E-state index in [0.29, 0.717) is 6.61 Å². The van der Waals surface area contributed by atoms with E-state index in [-0.39, 0.29) is 28.1 Å². The topological polar surface area (TPSA) is 50.1 Å². The van der Waals surface area contributed by atoms with Crippen molar-refractivity contribution < 1.29 is 9.22 Å². The SMILES string of the molecule is C[C@@H]1C=CC[C@H]2[C@]1(C#N)C(=O)C=C[C@@]2(C)CCO[Si](c1ccccc1)(c1ccccc1)C(C)(C)C. The van der Waals surface area contributed by atoms with E-state index >= 15 is 0 Å². The van der Waals surface area contributed by atoms with Gasteiger partial charge in [0.25, 0.3) is 8.32 Å². The van der Waals surface area contributed by atoms with Crippen molar-refractivity contribution >= 4 is 24.5 Å². The van der Waals surface area contributed by atoms with Gasteiger partial charge in [-0.05, 0) is 45.7 Å². The van der Waals surface area contributed by atoms with Crippen LogP contribution in [0, 0.1) is 34.0 Å². The number of carbonyl (C=O) groups excluding carboxylic acids is 1. The van der Waals surface area contributed by atoms with Gasteiger partial charge in [-0.1, -0.05) is 114 Å². The summed E-state index contributed by atoms with van der Waals surface area (Å²) in [5.41, 5.74) is -1.29. The Morgan fingerprint density at radius 1 is 1.06 bits per heavy atom. The van der Waals surface area contributed by atoms with Crippen LogP contribution in [0.5, 0.6) is 0 Å². The lowest BCUT2D eigenvalue weighted by atomic mass is 9.50. The van der Waals surface area contributed by atoms with Gasteiger partial charge in [-0.15, -0.1) is 0 Å². The van der Waals surface area contributed by atoms with Gasteiger partial charge in [0.2, 0.25) is 0 Å². The highest BCUT2D eigenvalue weighted by Crippen LogP contribution is 2.55. The van der Waals surface area contributed by atoms with Crippen LogP contribution in [0.25, 0.3) is 0 Å². The van der Waals surface area contributed by atoms with Crippen molar-refractivity contribution in [1.82, 2.24) is 0 Å². The van der Waals surface area contributed by atoms with Crippen LogP contribution in [-0.4, -0.2) is 20.7 Å². The predicted molar refractivity (Wildman–Crippen MR) is 145 cm³/mol. The summed E-state index contributed by atoms with van der Waals surface area (Å²) in [6.07, 6.45) is 9.41. The van der Waals surface area contributed by atoms with Gasteiger partial charge in [0, 0.05) is 12.5 Å². The Morgan fingerprint density at radius 3 is 2.14 bits per heavy atom. The maximum absolute atomic E-state index is 13.0. The molecule has 182 valence electrons. The van der Waals surface area contributed by atoms with Gasteiger partial charge in [0.05, 0.1) is 6.07 Å². The normalized spacial score (nSPS) is 28.4. The van der Waals surface area contributed by atoms with Gasteiger partial charge >= 0.3 is 0 Å². The van der Waals surface area contributed by atoms with Gasteiger partial charge in [-0.2, -0.15) is 5.26 Å². The molecule has 0 amide bonds. The fraction of sp³-hybridized carbons (Fsp3) is 0.419. The molecule has 4 heteroatoms. The summed E-state index contributed by atoms with van der Waals surface area (Å²) >= 11 is 0. The standard InChI is InChI=1S/C31H37NO2Si/c1-24-13-12-18-27-30(5,20-19-28(33)31(24,27)23-32)21-22-34-35(29(2,3)4,25-14-8-6-9-15-25)26-16-10-7-11-17-26/h6-17,19-20,24,27H,18,21-22H2,1-5H3/t24-,27-,30+,31-/m1/s1. The molecule has 2 aliphatic rings. The van der Waals surface area contributed by atoms with Crippen molar-refractivity contribution in [2.45, 2.75) is 52.5 Å². The average molecular weight is 484 g/mol. The van der Waals surface area contributed by atoms with E-state index in [1.54, 1.807) is 6.08 Å². The Bertz CT molecular complexity index is 1120. The van der Waals surface area contributed by atoms with Gasteiger partial charge < -0.3 is 4.43 Å². The Balaban J connectivity index is 1.71. The van der Waals surface area contributed by atoms with Crippen molar-refractivity contribution in [2.75, 3.05) is 6.61 Å². The number of nitrogens with zero attached hydrogens (tertiary/aromatic N) is 1. The minimum atomic E-state index is -2.63. The number of allylic oxidation sites excluding steroid dienone is 4. The first-order valence-electron chi connectivity index (χ1n) is 12.7. The largest absolute Gasteiger partial charge is 0.407 e. The van der Waals surface area contributed by atoms with Crippen LogP contribution in [-0.2, 0) is 9.22 Å². The second-order valence-corrected chi connectivity index (χ2v) is 15.8. The van der Waals surface area contributed by atoms with Crippen LogP contribution < -0.4 is 10.4 Å². The number of nitriles is 1. The molecule has 0 unspecified atom stereocenters. The molecule has 0 saturated carbocycles. The van der Waals surface area contributed by atoms with Gasteiger partial charge in [0.1, 0.15) is 5.41 Å². The van der Waals surface area contributed by atoms with Crippen LogP contribution in [0.4, 0.5) is 0 Å². The lowest BCUT2D eigenvalue weighted by Gasteiger charge is -2.50. The van der Waals surface area contributed by atoms with E-state index in [1.165, 1.54) is 10.4 Å². The van der Waals surface area contributed by atoms with Crippen molar-refractivity contribution in [1.29, 1.82) is 5.26 Å². The maximum Gasteiger partial charge on any atom is 0.261 e. The fourth-order valence-corrected chi connectivity index (χ4v) is 11.0. The minimum absolute atomic E-state index is 0.0489. The highest BCUT2D eigenvalue weighted by molar-refractivity contribution is 6.99. The smallest absolute Gasteiger partial charge is 0.261 e. The predicted octanol–water partition coefficient (Wildman–Crippen LogP) is 5.82. The molecular formula is C31H37NO2Si. The van der Waals surface area contributed by atoms with Gasteiger partial charge in [-0.25, -0.2) is 0 Å². The molecule has 0 bridgehead atoms. The quantitative estimate of drug-likeness (QED) is 0.384. The van der Waals surface area contributed by atoms with Crippen molar-refractivity contribution in [3.8, 4) is 6.07 Å². The van der Waals surface area contributed by atoms with E-state index in [0.717, 1.165) is 12.8 Å². The molecule has 2 aromatic rings. The lowest BCUT2D eigenvalue weighted by Crippen LogP contribution is -2.66.